The van der Waals surface area contributed by atoms with Crippen LogP contribution in [0.2, 0.25) is 0 Å². The van der Waals surface area contributed by atoms with Crippen LogP contribution in [0.3, 0.4) is 0 Å². The van der Waals surface area contributed by atoms with E-state index >= 15 is 0 Å². The predicted molar refractivity (Wildman–Crippen MR) is 65.3 cm³/mol. The van der Waals surface area contributed by atoms with E-state index in [0.717, 1.165) is 11.1 Å². The molecule has 92 valence electrons. The maximum absolute atomic E-state index is 11.1. The first-order valence-corrected chi connectivity index (χ1v) is 5.70. The summed E-state index contributed by atoms with van der Waals surface area (Å²) in [5.41, 5.74) is 2.27. The number of ether oxygens (including phenoxy) is 1. The third-order valence-corrected chi connectivity index (χ3v) is 2.74. The molecule has 4 nitrogen and oxygen atoms in total. The molecule has 0 unspecified atom stereocenters. The summed E-state index contributed by atoms with van der Waals surface area (Å²) in [7, 11) is 3.38. The fourth-order valence-corrected chi connectivity index (χ4v) is 1.66. The number of nitrogens with zero attached hydrogens (tertiary/aromatic N) is 2. The lowest BCUT2D eigenvalue weighted by Crippen LogP contribution is -2.37. The Morgan fingerprint density at radius 2 is 1.56 bits per heavy atom. The van der Waals surface area contributed by atoms with Gasteiger partial charge in [0.15, 0.2) is 24.8 Å². The number of rotatable bonds is 3. The summed E-state index contributed by atoms with van der Waals surface area (Å²) < 4.78 is 8.40. The topological polar surface area (TPSA) is 34.1 Å². The number of hydrogen-bond acceptors (Lipinski definition) is 2. The molecule has 4 heteroatoms. The largest absolute Gasteiger partial charge is 0.464 e. The van der Waals surface area contributed by atoms with Crippen molar-refractivity contribution in [2.45, 2.75) is 6.54 Å². The van der Waals surface area contributed by atoms with Crippen LogP contribution in [0.5, 0.6) is 0 Å². The summed E-state index contributed by atoms with van der Waals surface area (Å²) in [4.78, 5) is 11.1. The van der Waals surface area contributed by atoms with Crippen LogP contribution in [0.4, 0.5) is 0 Å². The number of aromatic nitrogens is 2. The van der Waals surface area contributed by atoms with Crippen molar-refractivity contribution in [3.8, 4) is 11.1 Å². The van der Waals surface area contributed by atoms with Crippen LogP contribution in [-0.4, -0.2) is 13.1 Å². The number of methoxy groups -OCH3 is 1. The Kier molecular flexibility index (Phi) is 3.67. The Morgan fingerprint density at radius 3 is 2.06 bits per heavy atom. The van der Waals surface area contributed by atoms with Gasteiger partial charge < -0.3 is 4.74 Å². The maximum Gasteiger partial charge on any atom is 0.372 e. The van der Waals surface area contributed by atoms with Crippen molar-refractivity contribution in [1.82, 2.24) is 0 Å². The second-order valence-electron chi connectivity index (χ2n) is 4.09. The molecular formula is C14H16N2O2+2. The molecule has 2 aromatic rings. The number of carbonyl (C=O) groups excluding carboxylic acids is 1. The lowest BCUT2D eigenvalue weighted by atomic mass is 10.1. The van der Waals surface area contributed by atoms with Gasteiger partial charge in [0, 0.05) is 24.3 Å². The van der Waals surface area contributed by atoms with E-state index in [4.69, 9.17) is 0 Å². The Bertz CT molecular complexity index is 533. The Labute approximate surface area is 106 Å². The van der Waals surface area contributed by atoms with E-state index in [0.29, 0.717) is 0 Å². The molecule has 0 amide bonds. The van der Waals surface area contributed by atoms with Crippen molar-refractivity contribution < 1.29 is 18.7 Å². The van der Waals surface area contributed by atoms with Crippen molar-refractivity contribution in [2.24, 2.45) is 7.05 Å². The Hall–Kier alpha value is -2.23. The van der Waals surface area contributed by atoms with Gasteiger partial charge in [0.2, 0.25) is 6.54 Å². The monoisotopic (exact) mass is 244 g/mol. The molecular weight excluding hydrogens is 228 g/mol. The molecule has 0 saturated carbocycles. The molecule has 0 saturated heterocycles. The average molecular weight is 244 g/mol. The number of pyridine rings is 2. The molecule has 0 aliphatic heterocycles. The van der Waals surface area contributed by atoms with Gasteiger partial charge in [0.05, 0.1) is 7.11 Å². The summed E-state index contributed by atoms with van der Waals surface area (Å²) >= 11 is 0. The molecule has 18 heavy (non-hydrogen) atoms. The van der Waals surface area contributed by atoms with Gasteiger partial charge in [-0.2, -0.15) is 4.57 Å². The molecule has 0 N–H and O–H groups in total. The average Bonchev–Trinajstić information content (AvgIpc) is 2.40. The zero-order valence-corrected chi connectivity index (χ0v) is 10.5. The fraction of sp³-hybridized carbons (Fsp3) is 0.214. The van der Waals surface area contributed by atoms with Crippen LogP contribution in [0.25, 0.3) is 11.1 Å². The third-order valence-electron chi connectivity index (χ3n) is 2.74. The first-order valence-electron chi connectivity index (χ1n) is 5.70. The van der Waals surface area contributed by atoms with Gasteiger partial charge in [0.1, 0.15) is 7.05 Å². The van der Waals surface area contributed by atoms with Crippen molar-refractivity contribution >= 4 is 5.97 Å². The van der Waals surface area contributed by atoms with Gasteiger partial charge in [-0.25, -0.2) is 9.36 Å². The number of esters is 1. The highest BCUT2D eigenvalue weighted by molar-refractivity contribution is 5.67. The van der Waals surface area contributed by atoms with Crippen molar-refractivity contribution in [1.29, 1.82) is 0 Å². The molecule has 0 aromatic carbocycles. The standard InChI is InChI=1S/C14H16N2O2/c1-15-7-3-12(4-8-15)13-5-9-16(10-6-13)11-14(17)18-2/h3-10H,11H2,1-2H3/q+2. The molecule has 0 bridgehead atoms. The number of aryl methyl sites for hydroxylation is 1. The molecule has 2 heterocycles. The van der Waals surface area contributed by atoms with E-state index in [2.05, 4.69) is 16.9 Å². The van der Waals surface area contributed by atoms with E-state index in [1.807, 2.05) is 48.5 Å². The van der Waals surface area contributed by atoms with Crippen LogP contribution in [0.15, 0.2) is 49.1 Å². The summed E-state index contributed by atoms with van der Waals surface area (Å²) in [5, 5.41) is 0. The van der Waals surface area contributed by atoms with Crippen molar-refractivity contribution in [3.63, 3.8) is 0 Å². The zero-order chi connectivity index (χ0) is 13.0. The lowest BCUT2D eigenvalue weighted by molar-refractivity contribution is -0.685. The SMILES string of the molecule is COC(=O)C[n+]1ccc(-c2cc[n+](C)cc2)cc1. The minimum Gasteiger partial charge on any atom is -0.464 e. The van der Waals surface area contributed by atoms with Gasteiger partial charge in [0.25, 0.3) is 0 Å². The maximum atomic E-state index is 11.1. The summed E-state index contributed by atoms with van der Waals surface area (Å²) in [6.45, 7) is 0.237. The van der Waals surface area contributed by atoms with Crippen LogP contribution >= 0.6 is 0 Å². The molecule has 0 aliphatic rings. The normalized spacial score (nSPS) is 10.1. The highest BCUT2D eigenvalue weighted by Gasteiger charge is 2.09. The molecule has 0 aliphatic carbocycles. The molecule has 0 spiro atoms. The lowest BCUT2D eigenvalue weighted by Gasteiger charge is -1.99. The van der Waals surface area contributed by atoms with Crippen molar-refractivity contribution in [3.05, 3.63) is 49.1 Å². The minimum atomic E-state index is -0.250. The molecule has 0 radical (unpaired) electrons. The first kappa shape index (κ1) is 12.2. The highest BCUT2D eigenvalue weighted by atomic mass is 16.5. The zero-order valence-electron chi connectivity index (χ0n) is 10.5. The van der Waals surface area contributed by atoms with Crippen LogP contribution in [0, 0.1) is 0 Å². The van der Waals surface area contributed by atoms with E-state index in [9.17, 15) is 4.79 Å². The first-order chi connectivity index (χ1) is 8.69. The van der Waals surface area contributed by atoms with E-state index in [1.54, 1.807) is 4.57 Å². The van der Waals surface area contributed by atoms with Gasteiger partial charge in [-0.3, -0.25) is 0 Å². The summed E-state index contributed by atoms with van der Waals surface area (Å²) in [5.74, 6) is -0.250. The second-order valence-corrected chi connectivity index (χ2v) is 4.09. The predicted octanol–water partition coefficient (Wildman–Crippen LogP) is 0.639. The van der Waals surface area contributed by atoms with Gasteiger partial charge in [-0.15, -0.1) is 0 Å². The van der Waals surface area contributed by atoms with E-state index in [1.165, 1.54) is 7.11 Å². The summed E-state index contributed by atoms with van der Waals surface area (Å²) in [6, 6.07) is 8.08. The smallest absolute Gasteiger partial charge is 0.372 e. The summed E-state index contributed by atoms with van der Waals surface area (Å²) in [6.07, 6.45) is 7.76. The van der Waals surface area contributed by atoms with Crippen LogP contribution < -0.4 is 9.13 Å². The van der Waals surface area contributed by atoms with Crippen LogP contribution in [0.1, 0.15) is 0 Å². The molecule has 2 rings (SSSR count). The Balaban J connectivity index is 2.17. The molecule has 0 atom stereocenters. The second kappa shape index (κ2) is 5.40. The number of carbonyl (C=O) groups is 1. The quantitative estimate of drug-likeness (QED) is 0.586. The fourth-order valence-electron chi connectivity index (χ4n) is 1.66. The van der Waals surface area contributed by atoms with Crippen molar-refractivity contribution in [2.75, 3.05) is 7.11 Å². The van der Waals surface area contributed by atoms with E-state index in [-0.39, 0.29) is 12.5 Å². The highest BCUT2D eigenvalue weighted by Crippen LogP contribution is 2.15. The van der Waals surface area contributed by atoms with E-state index < -0.39 is 0 Å². The number of hydrogen-bond donors (Lipinski definition) is 0. The molecule has 0 fully saturated rings. The Morgan fingerprint density at radius 1 is 1.06 bits per heavy atom. The third kappa shape index (κ3) is 2.91. The van der Waals surface area contributed by atoms with Crippen LogP contribution in [-0.2, 0) is 23.1 Å². The van der Waals surface area contributed by atoms with Gasteiger partial charge in [-0.1, -0.05) is 0 Å². The minimum absolute atomic E-state index is 0.237. The van der Waals surface area contributed by atoms with Gasteiger partial charge in [-0.05, 0) is 11.1 Å². The van der Waals surface area contributed by atoms with Gasteiger partial charge >= 0.3 is 5.97 Å². The molecule has 2 aromatic heterocycles.